The van der Waals surface area contributed by atoms with Gasteiger partial charge in [0.1, 0.15) is 0 Å². The van der Waals surface area contributed by atoms with Crippen molar-refractivity contribution in [2.75, 3.05) is 18.1 Å². The normalized spacial score (nSPS) is 13.9. The lowest BCUT2D eigenvalue weighted by Gasteiger charge is -2.15. The largest absolute Gasteiger partial charge is 0.307 e. The zero-order chi connectivity index (χ0) is 11.2. The van der Waals surface area contributed by atoms with Crippen LogP contribution in [0.25, 0.3) is 0 Å². The maximum absolute atomic E-state index is 11.4. The molecule has 0 aromatic heterocycles. The summed E-state index contributed by atoms with van der Waals surface area (Å²) < 4.78 is 22.6. The van der Waals surface area contributed by atoms with Gasteiger partial charge < -0.3 is 5.32 Å². The molecule has 0 aromatic carbocycles. The highest BCUT2D eigenvalue weighted by Gasteiger charge is 2.21. The minimum atomic E-state index is -3.08. The lowest BCUT2D eigenvalue weighted by atomic mass is 10.2. The maximum atomic E-state index is 11.4. The van der Waals surface area contributed by atoms with Crippen LogP contribution in [-0.4, -0.2) is 38.3 Å². The van der Waals surface area contributed by atoms with E-state index < -0.39 is 15.9 Å². The summed E-state index contributed by atoms with van der Waals surface area (Å²) in [7, 11) is -3.08. The molecule has 0 amide bonds. The van der Waals surface area contributed by atoms with Crippen LogP contribution in [0.2, 0.25) is 0 Å². The molecule has 84 valence electrons. The molecule has 0 aliphatic heterocycles. The van der Waals surface area contributed by atoms with Gasteiger partial charge in [0.2, 0.25) is 0 Å². The Morgan fingerprint density at radius 3 is 2.21 bits per heavy atom. The highest BCUT2D eigenvalue weighted by atomic mass is 32.2. The highest BCUT2D eigenvalue weighted by molar-refractivity contribution is 7.91. The fourth-order valence-corrected chi connectivity index (χ4v) is 2.18. The van der Waals surface area contributed by atoms with Crippen molar-refractivity contribution in [2.24, 2.45) is 0 Å². The van der Waals surface area contributed by atoms with E-state index in [0.717, 1.165) is 0 Å². The molecule has 0 rings (SSSR count). The Kier molecular flexibility index (Phi) is 5.95. The fourth-order valence-electron chi connectivity index (χ4n) is 1.13. The van der Waals surface area contributed by atoms with Gasteiger partial charge in [0, 0.05) is 12.2 Å². The van der Waals surface area contributed by atoms with Gasteiger partial charge in [-0.05, 0) is 6.54 Å². The maximum Gasteiger partial charge on any atom is 0.152 e. The first kappa shape index (κ1) is 13.6. The molecular weight excluding hydrogens is 202 g/mol. The topological polar surface area (TPSA) is 63.2 Å². The quantitative estimate of drug-likeness (QED) is 0.675. The number of hydrogen-bond donors (Lipinski definition) is 1. The Morgan fingerprint density at radius 1 is 1.29 bits per heavy atom. The van der Waals surface area contributed by atoms with Crippen LogP contribution in [0.4, 0.5) is 0 Å². The molecule has 5 heteroatoms. The van der Waals surface area contributed by atoms with Gasteiger partial charge in [0.25, 0.3) is 0 Å². The second-order valence-electron chi connectivity index (χ2n) is 3.13. The van der Waals surface area contributed by atoms with Gasteiger partial charge in [0.15, 0.2) is 15.6 Å². The van der Waals surface area contributed by atoms with Crippen LogP contribution in [0, 0.1) is 0 Å². The monoisotopic (exact) mass is 221 g/mol. The lowest BCUT2D eigenvalue weighted by Crippen LogP contribution is -2.42. The highest BCUT2D eigenvalue weighted by Crippen LogP contribution is 1.99. The van der Waals surface area contributed by atoms with Gasteiger partial charge in [-0.2, -0.15) is 0 Å². The molecule has 0 aliphatic rings. The molecule has 0 spiro atoms. The van der Waals surface area contributed by atoms with Crippen molar-refractivity contribution in [2.45, 2.75) is 33.2 Å². The molecule has 14 heavy (non-hydrogen) atoms. The average Bonchev–Trinajstić information content (AvgIpc) is 2.16. The Bertz CT molecular complexity index is 272. The number of nitrogens with one attached hydrogen (secondary N) is 1. The van der Waals surface area contributed by atoms with Gasteiger partial charge in [-0.1, -0.05) is 20.8 Å². The summed E-state index contributed by atoms with van der Waals surface area (Å²) in [6.07, 6.45) is 0.372. The second-order valence-corrected chi connectivity index (χ2v) is 5.53. The van der Waals surface area contributed by atoms with E-state index in [4.69, 9.17) is 0 Å². The van der Waals surface area contributed by atoms with Gasteiger partial charge >= 0.3 is 0 Å². The summed E-state index contributed by atoms with van der Waals surface area (Å²) in [5.41, 5.74) is 0. The third-order valence-corrected chi connectivity index (χ3v) is 3.77. The van der Waals surface area contributed by atoms with E-state index in [1.54, 1.807) is 13.8 Å². The number of likely N-dealkylation sites (N-methyl/N-ethyl adjacent to an activating group) is 1. The number of carbonyl (C=O) groups excluding carboxylic acids is 1. The van der Waals surface area contributed by atoms with Crippen LogP contribution >= 0.6 is 0 Å². The SMILES string of the molecule is CCNC(CS(=O)(=O)CC)C(=O)CC. The summed E-state index contributed by atoms with van der Waals surface area (Å²) in [5, 5.41) is 2.90. The molecule has 0 heterocycles. The molecule has 1 atom stereocenters. The fraction of sp³-hybridized carbons (Fsp3) is 0.889. The molecule has 4 nitrogen and oxygen atoms in total. The zero-order valence-corrected chi connectivity index (χ0v) is 9.86. The molecule has 0 saturated carbocycles. The Morgan fingerprint density at radius 2 is 1.86 bits per heavy atom. The molecule has 0 radical (unpaired) electrons. The molecule has 0 saturated heterocycles. The Labute approximate surface area is 86.0 Å². The van der Waals surface area contributed by atoms with Gasteiger partial charge in [-0.25, -0.2) is 8.42 Å². The summed E-state index contributed by atoms with van der Waals surface area (Å²) in [6, 6.07) is -0.532. The summed E-state index contributed by atoms with van der Waals surface area (Å²) in [4.78, 5) is 11.4. The summed E-state index contributed by atoms with van der Waals surface area (Å²) >= 11 is 0. The molecule has 0 fully saturated rings. The van der Waals surface area contributed by atoms with E-state index in [1.807, 2.05) is 6.92 Å². The first-order valence-electron chi connectivity index (χ1n) is 4.93. The van der Waals surface area contributed by atoms with Crippen molar-refractivity contribution in [3.8, 4) is 0 Å². The average molecular weight is 221 g/mol. The van der Waals surface area contributed by atoms with Gasteiger partial charge in [0.05, 0.1) is 11.8 Å². The Hall–Kier alpha value is -0.420. The first-order chi connectivity index (χ1) is 6.46. The van der Waals surface area contributed by atoms with Crippen molar-refractivity contribution in [1.29, 1.82) is 0 Å². The predicted octanol–water partition coefficient (Wildman–Crippen LogP) is 0.378. The minimum absolute atomic E-state index is 0.0381. The second kappa shape index (κ2) is 6.14. The molecule has 0 aromatic rings. The Balaban J connectivity index is 4.45. The zero-order valence-electron chi connectivity index (χ0n) is 9.04. The molecule has 0 bridgehead atoms. The number of Topliss-reactive ketones (excluding diaryl/α,β-unsaturated/α-hetero) is 1. The predicted molar refractivity (Wildman–Crippen MR) is 57.1 cm³/mol. The van der Waals surface area contributed by atoms with E-state index in [-0.39, 0.29) is 17.3 Å². The first-order valence-corrected chi connectivity index (χ1v) is 6.75. The van der Waals surface area contributed by atoms with Crippen molar-refractivity contribution >= 4 is 15.6 Å². The molecule has 0 aliphatic carbocycles. The number of carbonyl (C=O) groups is 1. The van der Waals surface area contributed by atoms with Crippen LogP contribution in [0.15, 0.2) is 0 Å². The summed E-state index contributed by atoms with van der Waals surface area (Å²) in [5.74, 6) is -0.0283. The minimum Gasteiger partial charge on any atom is -0.307 e. The van der Waals surface area contributed by atoms with Crippen LogP contribution in [0.5, 0.6) is 0 Å². The molecular formula is C9H19NO3S. The van der Waals surface area contributed by atoms with E-state index in [2.05, 4.69) is 5.32 Å². The third-order valence-electron chi connectivity index (χ3n) is 2.05. The number of ketones is 1. The standard InChI is InChI=1S/C9H19NO3S/c1-4-9(11)8(10-5-2)7-14(12,13)6-3/h8,10H,4-7H2,1-3H3. The molecule has 1 N–H and O–H groups in total. The van der Waals surface area contributed by atoms with E-state index in [0.29, 0.717) is 13.0 Å². The van der Waals surface area contributed by atoms with Crippen LogP contribution in [-0.2, 0) is 14.6 Å². The van der Waals surface area contributed by atoms with Crippen molar-refractivity contribution in [3.63, 3.8) is 0 Å². The van der Waals surface area contributed by atoms with E-state index >= 15 is 0 Å². The van der Waals surface area contributed by atoms with Crippen molar-refractivity contribution in [1.82, 2.24) is 5.32 Å². The van der Waals surface area contributed by atoms with Crippen molar-refractivity contribution in [3.05, 3.63) is 0 Å². The lowest BCUT2D eigenvalue weighted by molar-refractivity contribution is -0.120. The smallest absolute Gasteiger partial charge is 0.152 e. The number of sulfone groups is 1. The van der Waals surface area contributed by atoms with E-state index in [1.165, 1.54) is 0 Å². The van der Waals surface area contributed by atoms with Crippen molar-refractivity contribution < 1.29 is 13.2 Å². The van der Waals surface area contributed by atoms with Gasteiger partial charge in [-0.3, -0.25) is 4.79 Å². The van der Waals surface area contributed by atoms with Crippen LogP contribution < -0.4 is 5.32 Å². The third kappa shape index (κ3) is 4.72. The number of hydrogen-bond acceptors (Lipinski definition) is 4. The number of rotatable bonds is 7. The van der Waals surface area contributed by atoms with Gasteiger partial charge in [-0.15, -0.1) is 0 Å². The van der Waals surface area contributed by atoms with Crippen LogP contribution in [0.3, 0.4) is 0 Å². The summed E-state index contributed by atoms with van der Waals surface area (Å²) in [6.45, 7) is 5.80. The van der Waals surface area contributed by atoms with E-state index in [9.17, 15) is 13.2 Å². The molecule has 1 unspecified atom stereocenters. The van der Waals surface area contributed by atoms with Crippen LogP contribution in [0.1, 0.15) is 27.2 Å².